The van der Waals surface area contributed by atoms with Crippen molar-refractivity contribution < 1.29 is 14.2 Å². The van der Waals surface area contributed by atoms with Crippen molar-refractivity contribution >= 4 is 29.9 Å². The minimum atomic E-state index is 0. The van der Waals surface area contributed by atoms with Gasteiger partial charge in [-0.2, -0.15) is 0 Å². The summed E-state index contributed by atoms with van der Waals surface area (Å²) in [5.41, 5.74) is 1.61. The molecular formula is C23H38IN3O3. The van der Waals surface area contributed by atoms with Gasteiger partial charge in [0.2, 0.25) is 5.75 Å². The Hall–Kier alpha value is -1.38. The van der Waals surface area contributed by atoms with Crippen LogP contribution < -0.4 is 19.5 Å². The van der Waals surface area contributed by atoms with E-state index in [0.717, 1.165) is 43.3 Å². The fourth-order valence-electron chi connectivity index (χ4n) is 4.89. The van der Waals surface area contributed by atoms with E-state index in [1.807, 2.05) is 12.1 Å². The molecule has 7 heteroatoms. The first-order valence-electron chi connectivity index (χ1n) is 11.0. The van der Waals surface area contributed by atoms with Crippen molar-refractivity contribution in [2.24, 2.45) is 10.4 Å². The Balaban J connectivity index is 0.00000320. The molecule has 0 atom stereocenters. The second-order valence-electron chi connectivity index (χ2n) is 8.21. The molecule has 2 aliphatic rings. The van der Waals surface area contributed by atoms with Crippen molar-refractivity contribution in [2.75, 3.05) is 47.5 Å². The lowest BCUT2D eigenvalue weighted by Crippen LogP contribution is -2.41. The van der Waals surface area contributed by atoms with Gasteiger partial charge in [-0.05, 0) is 44.1 Å². The van der Waals surface area contributed by atoms with Crippen molar-refractivity contribution in [1.82, 2.24) is 10.2 Å². The van der Waals surface area contributed by atoms with Crippen LogP contribution in [-0.4, -0.2) is 58.4 Å². The fraction of sp³-hybridized carbons (Fsp3) is 0.696. The van der Waals surface area contributed by atoms with Crippen LogP contribution in [0.4, 0.5) is 0 Å². The van der Waals surface area contributed by atoms with Crippen molar-refractivity contribution in [3.05, 3.63) is 17.7 Å². The summed E-state index contributed by atoms with van der Waals surface area (Å²) in [4.78, 5) is 7.42. The number of likely N-dealkylation sites (tertiary alicyclic amines) is 1. The van der Waals surface area contributed by atoms with Crippen LogP contribution in [0.1, 0.15) is 51.0 Å². The molecule has 1 saturated carbocycles. The highest BCUT2D eigenvalue weighted by atomic mass is 127. The summed E-state index contributed by atoms with van der Waals surface area (Å²) in [7, 11) is 4.95. The number of ether oxygens (including phenoxy) is 3. The van der Waals surface area contributed by atoms with Crippen LogP contribution in [0.2, 0.25) is 0 Å². The van der Waals surface area contributed by atoms with Crippen LogP contribution in [0.25, 0.3) is 0 Å². The Kier molecular flexibility index (Phi) is 9.84. The minimum absolute atomic E-state index is 0. The second-order valence-corrected chi connectivity index (χ2v) is 8.21. The molecule has 0 bridgehead atoms. The first-order valence-corrected chi connectivity index (χ1v) is 11.0. The summed E-state index contributed by atoms with van der Waals surface area (Å²) in [5.74, 6) is 3.10. The molecule has 1 aromatic rings. The molecule has 0 radical (unpaired) electrons. The van der Waals surface area contributed by atoms with E-state index in [1.165, 1.54) is 38.5 Å². The average molecular weight is 531 g/mol. The standard InChI is InChI=1S/C23H37N3O3.HI/c1-5-24-22(26-16-14-23(17-26)12-7-6-8-13-23)25-15-11-18-9-10-19(27-2)21(29-4)20(18)28-3;/h9-10H,5-8,11-17H2,1-4H3,(H,24,25);1H. The molecule has 2 fully saturated rings. The van der Waals surface area contributed by atoms with Gasteiger partial charge in [0.1, 0.15) is 0 Å². The van der Waals surface area contributed by atoms with Crippen molar-refractivity contribution in [3.8, 4) is 17.2 Å². The van der Waals surface area contributed by atoms with Crippen molar-refractivity contribution in [3.63, 3.8) is 0 Å². The number of nitrogens with one attached hydrogen (secondary N) is 1. The third-order valence-electron chi connectivity index (χ3n) is 6.42. The van der Waals surface area contributed by atoms with Crippen LogP contribution in [-0.2, 0) is 6.42 Å². The summed E-state index contributed by atoms with van der Waals surface area (Å²) in [6.07, 6.45) is 9.04. The Labute approximate surface area is 198 Å². The number of benzene rings is 1. The van der Waals surface area contributed by atoms with Gasteiger partial charge in [-0.1, -0.05) is 25.3 Å². The molecular weight excluding hydrogens is 493 g/mol. The highest BCUT2D eigenvalue weighted by molar-refractivity contribution is 14.0. The van der Waals surface area contributed by atoms with Crippen LogP contribution in [0, 0.1) is 5.41 Å². The maximum atomic E-state index is 5.61. The van der Waals surface area contributed by atoms with Crippen molar-refractivity contribution in [2.45, 2.75) is 51.9 Å². The fourth-order valence-corrected chi connectivity index (χ4v) is 4.89. The summed E-state index contributed by atoms with van der Waals surface area (Å²) in [6, 6.07) is 3.97. The molecule has 0 amide bonds. The van der Waals surface area contributed by atoms with Gasteiger partial charge in [-0.15, -0.1) is 24.0 Å². The molecule has 1 aliphatic heterocycles. The molecule has 1 N–H and O–H groups in total. The third-order valence-corrected chi connectivity index (χ3v) is 6.42. The summed E-state index contributed by atoms with van der Waals surface area (Å²) in [5, 5.41) is 3.50. The summed E-state index contributed by atoms with van der Waals surface area (Å²) in [6.45, 7) is 6.00. The zero-order valence-electron chi connectivity index (χ0n) is 19.0. The zero-order valence-corrected chi connectivity index (χ0v) is 21.3. The molecule has 3 rings (SSSR count). The van der Waals surface area contributed by atoms with E-state index >= 15 is 0 Å². The first-order chi connectivity index (χ1) is 14.2. The number of guanidine groups is 1. The van der Waals surface area contributed by atoms with Gasteiger partial charge in [0.05, 0.1) is 21.3 Å². The third kappa shape index (κ3) is 5.65. The van der Waals surface area contributed by atoms with Gasteiger partial charge in [-0.25, -0.2) is 0 Å². The molecule has 1 saturated heterocycles. The van der Waals surface area contributed by atoms with Crippen LogP contribution >= 0.6 is 24.0 Å². The Morgan fingerprint density at radius 1 is 1.03 bits per heavy atom. The molecule has 170 valence electrons. The Morgan fingerprint density at radius 2 is 1.77 bits per heavy atom. The monoisotopic (exact) mass is 531 g/mol. The van der Waals surface area contributed by atoms with E-state index in [2.05, 4.69) is 17.1 Å². The molecule has 1 aliphatic carbocycles. The topological polar surface area (TPSA) is 55.3 Å². The predicted molar refractivity (Wildman–Crippen MR) is 133 cm³/mol. The smallest absolute Gasteiger partial charge is 0.203 e. The van der Waals surface area contributed by atoms with Crippen LogP contribution in [0.5, 0.6) is 17.2 Å². The number of aliphatic imine (C=N–C) groups is 1. The first kappa shape index (κ1) is 24.9. The van der Waals surface area contributed by atoms with Gasteiger partial charge >= 0.3 is 0 Å². The summed E-state index contributed by atoms with van der Waals surface area (Å²) < 4.78 is 16.5. The quantitative estimate of drug-likeness (QED) is 0.319. The molecule has 0 unspecified atom stereocenters. The van der Waals surface area contributed by atoms with Crippen molar-refractivity contribution in [1.29, 1.82) is 0 Å². The molecule has 0 aromatic heterocycles. The van der Waals surface area contributed by atoms with E-state index < -0.39 is 0 Å². The Bertz CT molecular complexity index is 705. The van der Waals surface area contributed by atoms with Gasteiger partial charge in [0.25, 0.3) is 0 Å². The number of hydrogen-bond acceptors (Lipinski definition) is 4. The number of halogens is 1. The molecule has 30 heavy (non-hydrogen) atoms. The van der Waals surface area contributed by atoms with E-state index in [0.29, 0.717) is 23.5 Å². The highest BCUT2D eigenvalue weighted by Gasteiger charge is 2.39. The molecule has 1 aromatic carbocycles. The SMILES string of the molecule is CCNC(=NCCc1ccc(OC)c(OC)c1OC)N1CCC2(CCCCC2)C1.I. The number of methoxy groups -OCH3 is 3. The lowest BCUT2D eigenvalue weighted by Gasteiger charge is -2.33. The van der Waals surface area contributed by atoms with Gasteiger partial charge in [0.15, 0.2) is 17.5 Å². The number of nitrogens with zero attached hydrogens (tertiary/aromatic N) is 2. The molecule has 1 spiro atoms. The second kappa shape index (κ2) is 11.9. The van der Waals surface area contributed by atoms with E-state index in [-0.39, 0.29) is 24.0 Å². The lowest BCUT2D eigenvalue weighted by atomic mass is 9.73. The molecule has 6 nitrogen and oxygen atoms in total. The lowest BCUT2D eigenvalue weighted by molar-refractivity contribution is 0.203. The van der Waals surface area contributed by atoms with Crippen LogP contribution in [0.3, 0.4) is 0 Å². The number of hydrogen-bond donors (Lipinski definition) is 1. The summed E-state index contributed by atoms with van der Waals surface area (Å²) >= 11 is 0. The van der Waals surface area contributed by atoms with Gasteiger partial charge in [-0.3, -0.25) is 4.99 Å². The molecule has 1 heterocycles. The van der Waals surface area contributed by atoms with Gasteiger partial charge < -0.3 is 24.4 Å². The zero-order chi connectivity index (χ0) is 20.7. The van der Waals surface area contributed by atoms with E-state index in [4.69, 9.17) is 19.2 Å². The van der Waals surface area contributed by atoms with Crippen LogP contribution in [0.15, 0.2) is 17.1 Å². The largest absolute Gasteiger partial charge is 0.493 e. The predicted octanol–water partition coefficient (Wildman–Crippen LogP) is 4.49. The average Bonchev–Trinajstić information content (AvgIpc) is 3.15. The maximum Gasteiger partial charge on any atom is 0.203 e. The van der Waals surface area contributed by atoms with E-state index in [9.17, 15) is 0 Å². The normalized spacial score (nSPS) is 18.1. The Morgan fingerprint density at radius 3 is 2.40 bits per heavy atom. The van der Waals surface area contributed by atoms with E-state index in [1.54, 1.807) is 21.3 Å². The maximum absolute atomic E-state index is 5.61. The minimum Gasteiger partial charge on any atom is -0.493 e. The number of rotatable bonds is 7. The highest BCUT2D eigenvalue weighted by Crippen LogP contribution is 2.43. The van der Waals surface area contributed by atoms with Gasteiger partial charge in [0, 0.05) is 31.7 Å².